The van der Waals surface area contributed by atoms with Crippen molar-refractivity contribution in [2.45, 2.75) is 45.5 Å². The quantitative estimate of drug-likeness (QED) is 0.724. The normalized spacial score (nSPS) is 23.6. The molecule has 100 valence electrons. The summed E-state index contributed by atoms with van der Waals surface area (Å²) >= 11 is 0. The Morgan fingerprint density at radius 3 is 2.32 bits per heavy atom. The van der Waals surface area contributed by atoms with Crippen LogP contribution >= 0.6 is 0 Å². The molecular weight excluding hydrogens is 239 g/mol. The largest absolute Gasteiger partial charge is 0.532 e. The average Bonchev–Trinajstić information content (AvgIpc) is 2.58. The summed E-state index contributed by atoms with van der Waals surface area (Å²) in [4.78, 5) is 0. The molecule has 1 aromatic carbocycles. The molecule has 1 fully saturated rings. The first-order chi connectivity index (χ1) is 8.89. The van der Waals surface area contributed by atoms with E-state index in [0.717, 1.165) is 5.66 Å². The van der Waals surface area contributed by atoms with Crippen molar-refractivity contribution >= 4 is 13.2 Å². The Bertz CT molecular complexity index is 518. The summed E-state index contributed by atoms with van der Waals surface area (Å²) in [7, 11) is -0.418. The van der Waals surface area contributed by atoms with Gasteiger partial charge in [0.15, 0.2) is 0 Å². The third-order valence-electron chi connectivity index (χ3n) is 4.23. The zero-order chi connectivity index (χ0) is 13.7. The van der Waals surface area contributed by atoms with Gasteiger partial charge in [-0.15, -0.1) is 0 Å². The molecule has 0 bridgehead atoms. The molecule has 0 N–H and O–H groups in total. The second-order valence-electron chi connectivity index (χ2n) is 6.12. The minimum absolute atomic E-state index is 0.334. The third-order valence-corrected chi connectivity index (χ3v) is 4.23. The lowest BCUT2D eigenvalue weighted by atomic mass is 9.83. The van der Waals surface area contributed by atoms with Crippen LogP contribution in [0, 0.1) is 0 Å². The molecule has 2 heterocycles. The maximum Gasteiger partial charge on any atom is 0.532 e. The SMILES string of the molecule is CC1(C)OB(C2=Cc3ccccc3CO2)OC1(C)C. The van der Waals surface area contributed by atoms with Crippen molar-refractivity contribution in [3.63, 3.8) is 0 Å². The van der Waals surface area contributed by atoms with Crippen LogP contribution in [0.5, 0.6) is 0 Å². The lowest BCUT2D eigenvalue weighted by molar-refractivity contribution is 0.00578. The first-order valence-corrected chi connectivity index (χ1v) is 6.67. The van der Waals surface area contributed by atoms with Crippen LogP contribution in [0.4, 0.5) is 0 Å². The molecule has 1 saturated heterocycles. The molecule has 0 amide bonds. The van der Waals surface area contributed by atoms with Crippen molar-refractivity contribution in [1.82, 2.24) is 0 Å². The van der Waals surface area contributed by atoms with Gasteiger partial charge in [-0.25, -0.2) is 0 Å². The predicted octanol–water partition coefficient (Wildman–Crippen LogP) is 3.19. The summed E-state index contributed by atoms with van der Waals surface area (Å²) in [5, 5.41) is 0. The van der Waals surface area contributed by atoms with Crippen LogP contribution in [0.2, 0.25) is 0 Å². The molecule has 0 unspecified atom stereocenters. The molecule has 0 aliphatic carbocycles. The minimum atomic E-state index is -0.418. The molecule has 1 aromatic rings. The molecule has 3 rings (SSSR count). The van der Waals surface area contributed by atoms with Crippen molar-refractivity contribution in [1.29, 1.82) is 0 Å². The van der Waals surface area contributed by atoms with Crippen LogP contribution in [-0.4, -0.2) is 18.3 Å². The first-order valence-electron chi connectivity index (χ1n) is 6.67. The van der Waals surface area contributed by atoms with E-state index in [0.29, 0.717) is 6.61 Å². The summed E-state index contributed by atoms with van der Waals surface area (Å²) in [6, 6.07) is 8.22. The van der Waals surface area contributed by atoms with Crippen LogP contribution in [0.25, 0.3) is 6.08 Å². The number of ether oxygens (including phenoxy) is 1. The van der Waals surface area contributed by atoms with E-state index in [2.05, 4.69) is 12.1 Å². The van der Waals surface area contributed by atoms with Crippen molar-refractivity contribution < 1.29 is 14.0 Å². The van der Waals surface area contributed by atoms with Gasteiger partial charge in [-0.1, -0.05) is 24.3 Å². The van der Waals surface area contributed by atoms with Gasteiger partial charge in [0.2, 0.25) is 0 Å². The Kier molecular flexibility index (Phi) is 2.77. The highest BCUT2D eigenvalue weighted by Crippen LogP contribution is 2.39. The summed E-state index contributed by atoms with van der Waals surface area (Å²) < 4.78 is 17.8. The van der Waals surface area contributed by atoms with Crippen LogP contribution in [-0.2, 0) is 20.7 Å². The van der Waals surface area contributed by atoms with Gasteiger partial charge in [0, 0.05) is 0 Å². The maximum absolute atomic E-state index is 6.00. The molecule has 2 aliphatic heterocycles. The van der Waals surface area contributed by atoms with E-state index in [-0.39, 0.29) is 11.2 Å². The average molecular weight is 258 g/mol. The molecular formula is C15H19BO3. The Morgan fingerprint density at radius 1 is 1.00 bits per heavy atom. The number of hydrogen-bond donors (Lipinski definition) is 0. The lowest BCUT2D eigenvalue weighted by Crippen LogP contribution is -2.41. The zero-order valence-electron chi connectivity index (χ0n) is 11.9. The van der Waals surface area contributed by atoms with Crippen molar-refractivity contribution in [2.75, 3.05) is 0 Å². The highest BCUT2D eigenvalue weighted by atomic mass is 16.7. The summed E-state index contributed by atoms with van der Waals surface area (Å²) in [6.07, 6.45) is 2.01. The third kappa shape index (κ3) is 2.09. The van der Waals surface area contributed by atoms with Crippen LogP contribution in [0.15, 0.2) is 29.9 Å². The molecule has 0 radical (unpaired) electrons. The van der Waals surface area contributed by atoms with E-state index in [9.17, 15) is 0 Å². The van der Waals surface area contributed by atoms with E-state index >= 15 is 0 Å². The highest BCUT2D eigenvalue weighted by Gasteiger charge is 2.53. The topological polar surface area (TPSA) is 27.7 Å². The van der Waals surface area contributed by atoms with Gasteiger partial charge in [0.05, 0.1) is 11.2 Å². The van der Waals surface area contributed by atoms with Gasteiger partial charge in [-0.05, 0) is 44.9 Å². The number of fused-ring (bicyclic) bond motifs is 1. The zero-order valence-corrected chi connectivity index (χ0v) is 11.9. The van der Waals surface area contributed by atoms with Crippen LogP contribution < -0.4 is 0 Å². The maximum atomic E-state index is 6.00. The smallest absolute Gasteiger partial charge is 0.497 e. The second kappa shape index (κ2) is 4.12. The molecule has 19 heavy (non-hydrogen) atoms. The Labute approximate surface area is 114 Å². The number of hydrogen-bond acceptors (Lipinski definition) is 3. The van der Waals surface area contributed by atoms with Crippen LogP contribution in [0.1, 0.15) is 38.8 Å². The van der Waals surface area contributed by atoms with Crippen molar-refractivity contribution in [3.8, 4) is 0 Å². The lowest BCUT2D eigenvalue weighted by Gasteiger charge is -2.32. The van der Waals surface area contributed by atoms with Gasteiger partial charge >= 0.3 is 7.12 Å². The summed E-state index contributed by atoms with van der Waals surface area (Å²) in [5.74, 6) is 0. The second-order valence-corrected chi connectivity index (χ2v) is 6.12. The van der Waals surface area contributed by atoms with Crippen LogP contribution in [0.3, 0.4) is 0 Å². The fraction of sp³-hybridized carbons (Fsp3) is 0.467. The van der Waals surface area contributed by atoms with Gasteiger partial charge in [0.25, 0.3) is 0 Å². The van der Waals surface area contributed by atoms with Crippen molar-refractivity contribution in [3.05, 3.63) is 41.1 Å². The summed E-state index contributed by atoms with van der Waals surface area (Å²) in [6.45, 7) is 8.76. The standard InChI is InChI=1S/C15H19BO3/c1-14(2)15(3,4)19-16(18-14)13-9-11-7-5-6-8-12(11)10-17-13/h5-9H,10H2,1-4H3. The van der Waals surface area contributed by atoms with E-state index < -0.39 is 7.12 Å². The number of rotatable bonds is 1. The molecule has 2 aliphatic rings. The molecule has 0 atom stereocenters. The summed E-state index contributed by atoms with van der Waals surface area (Å²) in [5.41, 5.74) is 2.47. The predicted molar refractivity (Wildman–Crippen MR) is 75.3 cm³/mol. The fourth-order valence-corrected chi connectivity index (χ4v) is 2.26. The van der Waals surface area contributed by atoms with E-state index in [4.69, 9.17) is 14.0 Å². The van der Waals surface area contributed by atoms with E-state index in [1.165, 1.54) is 11.1 Å². The molecule has 0 spiro atoms. The Morgan fingerprint density at radius 2 is 1.63 bits per heavy atom. The van der Waals surface area contributed by atoms with Gasteiger partial charge < -0.3 is 14.0 Å². The molecule has 4 heteroatoms. The van der Waals surface area contributed by atoms with Gasteiger partial charge in [-0.2, -0.15) is 0 Å². The first kappa shape index (κ1) is 12.8. The number of benzene rings is 1. The van der Waals surface area contributed by atoms with E-state index in [1.807, 2.05) is 45.9 Å². The van der Waals surface area contributed by atoms with Gasteiger partial charge in [0.1, 0.15) is 12.3 Å². The molecule has 0 aromatic heterocycles. The Balaban J connectivity index is 1.88. The Hall–Kier alpha value is -1.26. The van der Waals surface area contributed by atoms with Gasteiger partial charge in [-0.3, -0.25) is 0 Å². The minimum Gasteiger partial charge on any atom is -0.497 e. The van der Waals surface area contributed by atoms with Crippen molar-refractivity contribution in [2.24, 2.45) is 0 Å². The monoisotopic (exact) mass is 258 g/mol. The highest BCUT2D eigenvalue weighted by molar-refractivity contribution is 6.54. The van der Waals surface area contributed by atoms with E-state index in [1.54, 1.807) is 0 Å². The fourth-order valence-electron chi connectivity index (χ4n) is 2.26. The molecule has 0 saturated carbocycles. The molecule has 3 nitrogen and oxygen atoms in total.